The lowest BCUT2D eigenvalue weighted by atomic mass is 9.63. The van der Waals surface area contributed by atoms with Gasteiger partial charge >= 0.3 is 0 Å². The Bertz CT molecular complexity index is 1410. The Morgan fingerprint density at radius 2 is 1.51 bits per heavy atom. The average molecular weight is 499 g/mol. The first kappa shape index (κ1) is 24.6. The minimum absolute atomic E-state index is 0.154. The number of rotatable bonds is 7. The Morgan fingerprint density at radius 1 is 0.919 bits per heavy atom. The number of ether oxygens (including phenoxy) is 3. The van der Waals surface area contributed by atoms with Crippen molar-refractivity contribution in [3.63, 3.8) is 0 Å². The molecule has 1 aliphatic rings. The maximum atomic E-state index is 14.2. The molecule has 190 valence electrons. The monoisotopic (exact) mass is 498 g/mol. The molecule has 37 heavy (non-hydrogen) atoms. The van der Waals surface area contributed by atoms with Crippen LogP contribution in [0.2, 0.25) is 0 Å². The van der Waals surface area contributed by atoms with Crippen LogP contribution in [0, 0.1) is 5.92 Å². The normalized spacial score (nSPS) is 20.7. The number of methoxy groups -OCH3 is 3. The fraction of sp³-hybridized carbons (Fsp3) is 0.267. The second-order valence-corrected chi connectivity index (χ2v) is 9.50. The first-order chi connectivity index (χ1) is 17.9. The van der Waals surface area contributed by atoms with E-state index in [1.165, 1.54) is 0 Å². The number of hydrogen-bond acceptors (Lipinski definition) is 6. The molecule has 0 saturated heterocycles. The van der Waals surface area contributed by atoms with Crippen molar-refractivity contribution in [1.29, 1.82) is 0 Å². The summed E-state index contributed by atoms with van der Waals surface area (Å²) >= 11 is 0. The Labute approximate surface area is 216 Å². The van der Waals surface area contributed by atoms with Crippen molar-refractivity contribution in [1.82, 2.24) is 10.2 Å². The zero-order chi connectivity index (χ0) is 26.2. The molecule has 0 bridgehead atoms. The highest BCUT2D eigenvalue weighted by Crippen LogP contribution is 2.52. The van der Waals surface area contributed by atoms with Gasteiger partial charge in [-0.15, -0.1) is 0 Å². The topological polar surface area (TPSA) is 93.7 Å². The van der Waals surface area contributed by atoms with E-state index in [0.29, 0.717) is 28.4 Å². The van der Waals surface area contributed by atoms with Gasteiger partial charge in [0.15, 0.2) is 17.3 Å². The molecule has 7 heteroatoms. The number of carbonyl (C=O) groups is 1. The van der Waals surface area contributed by atoms with Crippen molar-refractivity contribution in [2.24, 2.45) is 5.92 Å². The van der Waals surface area contributed by atoms with E-state index in [1.807, 2.05) is 54.6 Å². The molecule has 0 radical (unpaired) electrons. The van der Waals surface area contributed by atoms with Crippen LogP contribution in [0.15, 0.2) is 72.8 Å². The van der Waals surface area contributed by atoms with Gasteiger partial charge in [-0.2, -0.15) is 5.10 Å². The zero-order valence-electron chi connectivity index (χ0n) is 21.3. The van der Waals surface area contributed by atoms with Gasteiger partial charge < -0.3 is 19.3 Å². The maximum absolute atomic E-state index is 14.2. The van der Waals surface area contributed by atoms with Crippen molar-refractivity contribution in [3.8, 4) is 28.5 Å². The first-order valence-corrected chi connectivity index (χ1v) is 12.1. The maximum Gasteiger partial charge on any atom is 0.169 e. The number of aromatic nitrogens is 2. The summed E-state index contributed by atoms with van der Waals surface area (Å²) in [5.41, 5.74) is 3.15. The largest absolute Gasteiger partial charge is 0.496 e. The number of carbonyl (C=O) groups excluding carboxylic acids is 1. The summed E-state index contributed by atoms with van der Waals surface area (Å²) in [5, 5.41) is 19.7. The lowest BCUT2D eigenvalue weighted by Gasteiger charge is -2.42. The number of nitrogens with zero attached hydrogens (tertiary/aromatic N) is 1. The minimum Gasteiger partial charge on any atom is -0.496 e. The highest BCUT2D eigenvalue weighted by Gasteiger charge is 2.51. The van der Waals surface area contributed by atoms with E-state index in [2.05, 4.69) is 10.2 Å². The van der Waals surface area contributed by atoms with Gasteiger partial charge in [0, 0.05) is 46.4 Å². The van der Waals surface area contributed by atoms with Gasteiger partial charge in [0.25, 0.3) is 0 Å². The van der Waals surface area contributed by atoms with Crippen LogP contribution >= 0.6 is 0 Å². The minimum atomic E-state index is -1.37. The molecule has 3 unspecified atom stereocenters. The van der Waals surface area contributed by atoms with Crippen LogP contribution in [0.4, 0.5) is 0 Å². The first-order valence-electron chi connectivity index (χ1n) is 12.1. The third-order valence-electron chi connectivity index (χ3n) is 7.19. The Morgan fingerprint density at radius 3 is 2.14 bits per heavy atom. The van der Waals surface area contributed by atoms with E-state index in [9.17, 15) is 9.90 Å². The predicted octanol–water partition coefficient (Wildman–Crippen LogP) is 5.04. The predicted molar refractivity (Wildman–Crippen MR) is 141 cm³/mol. The number of aromatic amines is 1. The number of Topliss-reactive ketones (excluding diaryl/α,β-unsaturated/α-hetero) is 1. The summed E-state index contributed by atoms with van der Waals surface area (Å²) in [4.78, 5) is 14.2. The van der Waals surface area contributed by atoms with E-state index in [-0.39, 0.29) is 12.2 Å². The van der Waals surface area contributed by atoms with Crippen molar-refractivity contribution in [2.45, 2.75) is 24.9 Å². The van der Waals surface area contributed by atoms with Gasteiger partial charge in [0.2, 0.25) is 0 Å². The Hall–Kier alpha value is -4.10. The number of H-pyrrole nitrogens is 1. The van der Waals surface area contributed by atoms with Crippen LogP contribution in [0.25, 0.3) is 11.3 Å². The molecule has 7 nitrogen and oxygen atoms in total. The molecule has 0 amide bonds. The molecule has 0 saturated carbocycles. The number of benzene rings is 3. The molecule has 1 aliphatic carbocycles. The number of ketones is 1. The van der Waals surface area contributed by atoms with E-state index in [0.717, 1.165) is 22.5 Å². The molecule has 1 heterocycles. The SMILES string of the molecule is COc1cc(OC)c(C2c3c(-c4ccccc4)n[nH]c3CC(C)(O)C2C(=O)c2ccccc2)cc1OC. The number of nitrogens with one attached hydrogen (secondary N) is 1. The number of fused-ring (bicyclic) bond motifs is 1. The van der Waals surface area contributed by atoms with E-state index < -0.39 is 17.4 Å². The third-order valence-corrected chi connectivity index (χ3v) is 7.19. The van der Waals surface area contributed by atoms with Gasteiger partial charge in [-0.05, 0) is 13.0 Å². The lowest BCUT2D eigenvalue weighted by molar-refractivity contribution is -0.00754. The molecule has 1 aromatic heterocycles. The van der Waals surface area contributed by atoms with Gasteiger partial charge in [-0.25, -0.2) is 0 Å². The summed E-state index contributed by atoms with van der Waals surface area (Å²) in [6.45, 7) is 1.71. The molecule has 4 aromatic rings. The van der Waals surface area contributed by atoms with E-state index >= 15 is 0 Å². The lowest BCUT2D eigenvalue weighted by Crippen LogP contribution is -2.48. The second kappa shape index (κ2) is 9.75. The summed E-state index contributed by atoms with van der Waals surface area (Å²) in [6, 6.07) is 22.5. The number of hydrogen-bond donors (Lipinski definition) is 2. The van der Waals surface area contributed by atoms with Crippen molar-refractivity contribution < 1.29 is 24.1 Å². The van der Waals surface area contributed by atoms with Crippen LogP contribution in [-0.4, -0.2) is 48.0 Å². The number of aliphatic hydroxyl groups is 1. The summed E-state index contributed by atoms with van der Waals surface area (Å²) < 4.78 is 17.0. The molecule has 3 aromatic carbocycles. The Kier molecular flexibility index (Phi) is 6.48. The molecule has 5 rings (SSSR count). The van der Waals surface area contributed by atoms with Gasteiger partial charge in [-0.1, -0.05) is 60.7 Å². The van der Waals surface area contributed by atoms with Crippen LogP contribution in [0.3, 0.4) is 0 Å². The van der Waals surface area contributed by atoms with E-state index in [1.54, 1.807) is 46.5 Å². The molecule has 3 atom stereocenters. The second-order valence-electron chi connectivity index (χ2n) is 9.50. The average Bonchev–Trinajstić information content (AvgIpc) is 3.34. The molecule has 0 fully saturated rings. The Balaban J connectivity index is 1.82. The summed E-state index contributed by atoms with van der Waals surface area (Å²) in [5.74, 6) is -0.0339. The fourth-order valence-electron chi connectivity index (χ4n) is 5.51. The van der Waals surface area contributed by atoms with Crippen molar-refractivity contribution in [3.05, 3.63) is 95.2 Å². The standard InChI is InChI=1S/C30H30N2O5/c1-30(34)17-21-26(28(32-31-21)18-11-7-5-8-12-18)25(27(30)29(33)19-13-9-6-10-14-19)20-15-23(36-3)24(37-4)16-22(20)35-2/h5-16,25,27,34H,17H2,1-4H3,(H,31,32). The quantitative estimate of drug-likeness (QED) is 0.347. The molecule has 0 aliphatic heterocycles. The third kappa shape index (κ3) is 4.25. The highest BCUT2D eigenvalue weighted by atomic mass is 16.5. The fourth-order valence-corrected chi connectivity index (χ4v) is 5.51. The summed E-state index contributed by atoms with van der Waals surface area (Å²) in [6.07, 6.45) is 0.248. The van der Waals surface area contributed by atoms with Gasteiger partial charge in [-0.3, -0.25) is 9.89 Å². The van der Waals surface area contributed by atoms with Crippen LogP contribution in [0.1, 0.15) is 40.0 Å². The van der Waals surface area contributed by atoms with Gasteiger partial charge in [0.1, 0.15) is 5.75 Å². The van der Waals surface area contributed by atoms with Crippen LogP contribution < -0.4 is 14.2 Å². The van der Waals surface area contributed by atoms with Crippen LogP contribution in [-0.2, 0) is 6.42 Å². The van der Waals surface area contributed by atoms with Crippen LogP contribution in [0.5, 0.6) is 17.2 Å². The van der Waals surface area contributed by atoms with E-state index in [4.69, 9.17) is 14.2 Å². The smallest absolute Gasteiger partial charge is 0.169 e. The molecule has 0 spiro atoms. The van der Waals surface area contributed by atoms with Crippen molar-refractivity contribution >= 4 is 5.78 Å². The highest BCUT2D eigenvalue weighted by molar-refractivity contribution is 6.00. The van der Waals surface area contributed by atoms with Crippen molar-refractivity contribution in [2.75, 3.05) is 21.3 Å². The molecular formula is C30H30N2O5. The van der Waals surface area contributed by atoms with Gasteiger partial charge in [0.05, 0.1) is 38.5 Å². The molecular weight excluding hydrogens is 468 g/mol. The zero-order valence-corrected chi connectivity index (χ0v) is 21.3. The summed E-state index contributed by atoms with van der Waals surface area (Å²) in [7, 11) is 4.70. The molecule has 2 N–H and O–H groups in total.